The first kappa shape index (κ1) is 18.4. The summed E-state index contributed by atoms with van der Waals surface area (Å²) in [4.78, 5) is 31.9. The molecule has 5 nitrogen and oxygen atoms in total. The first-order valence-electron chi connectivity index (χ1n) is 9.35. The Balaban J connectivity index is 1.54. The van der Waals surface area contributed by atoms with E-state index in [4.69, 9.17) is 4.84 Å². The van der Waals surface area contributed by atoms with E-state index in [1.807, 2.05) is 47.4 Å². The highest BCUT2D eigenvalue weighted by Crippen LogP contribution is 2.19. The molecule has 0 aromatic heterocycles. The second kappa shape index (κ2) is 8.81. The molecular weight excluding hydrogens is 328 g/mol. The Hall–Kier alpha value is -2.40. The van der Waals surface area contributed by atoms with Crippen molar-refractivity contribution in [2.24, 2.45) is 0 Å². The molecule has 3 rings (SSSR count). The number of hydrogen-bond donors (Lipinski definition) is 1. The molecule has 0 spiro atoms. The summed E-state index contributed by atoms with van der Waals surface area (Å²) in [5, 5.41) is 2.15. The van der Waals surface area contributed by atoms with E-state index in [9.17, 15) is 9.59 Å². The van der Waals surface area contributed by atoms with Gasteiger partial charge in [0.05, 0.1) is 6.42 Å². The summed E-state index contributed by atoms with van der Waals surface area (Å²) in [6, 6.07) is 13.9. The number of rotatable bonds is 5. The number of nitrogens with zero attached hydrogens (tertiary/aromatic N) is 1. The number of nitrogens with one attached hydrogen (secondary N) is 1. The van der Waals surface area contributed by atoms with Crippen LogP contribution in [0.4, 0.5) is 0 Å². The van der Waals surface area contributed by atoms with Crippen molar-refractivity contribution in [1.29, 1.82) is 0 Å². The van der Waals surface area contributed by atoms with E-state index in [0.29, 0.717) is 0 Å². The van der Waals surface area contributed by atoms with E-state index in [2.05, 4.69) is 5.48 Å². The number of benzene rings is 2. The quantitative estimate of drug-likeness (QED) is 0.839. The minimum absolute atomic E-state index is 0.0580. The minimum Gasteiger partial charge on any atom is -0.340 e. The first-order valence-corrected chi connectivity index (χ1v) is 9.35. The second-order valence-corrected chi connectivity index (χ2v) is 6.84. The third kappa shape index (κ3) is 4.61. The Morgan fingerprint density at radius 2 is 1.73 bits per heavy atom. The molecule has 2 aromatic carbocycles. The van der Waals surface area contributed by atoms with Crippen LogP contribution in [0.25, 0.3) is 10.8 Å². The standard InChI is InChI=1S/C21H26N2O3/c1-16(21(25)23-13-6-2-3-7-14-23)26-22-20(24)15-18-11-8-10-17-9-4-5-12-19(17)18/h4-5,8-12,16H,2-3,6-7,13-15H2,1H3,(H,22,24). The van der Waals surface area contributed by atoms with E-state index in [0.717, 1.165) is 42.3 Å². The fourth-order valence-electron chi connectivity index (χ4n) is 3.41. The minimum atomic E-state index is -0.676. The van der Waals surface area contributed by atoms with Crippen molar-refractivity contribution in [3.05, 3.63) is 48.0 Å². The lowest BCUT2D eigenvalue weighted by Crippen LogP contribution is -2.42. The predicted octanol–water partition coefficient (Wildman–Crippen LogP) is 3.22. The van der Waals surface area contributed by atoms with Crippen LogP contribution in [0.5, 0.6) is 0 Å². The Morgan fingerprint density at radius 3 is 2.50 bits per heavy atom. The molecule has 0 radical (unpaired) electrons. The molecule has 1 fully saturated rings. The highest BCUT2D eigenvalue weighted by molar-refractivity contribution is 5.90. The van der Waals surface area contributed by atoms with Crippen molar-refractivity contribution in [2.45, 2.75) is 45.1 Å². The lowest BCUT2D eigenvalue weighted by Gasteiger charge is -2.23. The van der Waals surface area contributed by atoms with Crippen LogP contribution in [0.15, 0.2) is 42.5 Å². The van der Waals surface area contributed by atoms with Crippen molar-refractivity contribution in [1.82, 2.24) is 10.4 Å². The van der Waals surface area contributed by atoms with Crippen molar-refractivity contribution in [3.8, 4) is 0 Å². The molecular formula is C21H26N2O3. The summed E-state index contributed by atoms with van der Waals surface area (Å²) in [5.74, 6) is -0.311. The van der Waals surface area contributed by atoms with Crippen molar-refractivity contribution >= 4 is 22.6 Å². The monoisotopic (exact) mass is 354 g/mol. The summed E-state index contributed by atoms with van der Waals surface area (Å²) in [6.45, 7) is 3.23. The molecule has 0 aliphatic carbocycles. The second-order valence-electron chi connectivity index (χ2n) is 6.84. The summed E-state index contributed by atoms with van der Waals surface area (Å²) in [7, 11) is 0. The lowest BCUT2D eigenvalue weighted by atomic mass is 10.0. The fraction of sp³-hybridized carbons (Fsp3) is 0.429. The molecule has 138 valence electrons. The highest BCUT2D eigenvalue weighted by Gasteiger charge is 2.23. The Morgan fingerprint density at radius 1 is 1.04 bits per heavy atom. The molecule has 0 bridgehead atoms. The Labute approximate surface area is 154 Å². The topological polar surface area (TPSA) is 58.6 Å². The maximum absolute atomic E-state index is 12.4. The van der Waals surface area contributed by atoms with Crippen LogP contribution >= 0.6 is 0 Å². The van der Waals surface area contributed by atoms with E-state index < -0.39 is 6.10 Å². The molecule has 5 heteroatoms. The van der Waals surface area contributed by atoms with Crippen molar-refractivity contribution in [2.75, 3.05) is 13.1 Å². The van der Waals surface area contributed by atoms with Gasteiger partial charge in [0.2, 0.25) is 5.91 Å². The van der Waals surface area contributed by atoms with Crippen LogP contribution < -0.4 is 5.48 Å². The Kier molecular flexibility index (Phi) is 6.23. The predicted molar refractivity (Wildman–Crippen MR) is 101 cm³/mol. The van der Waals surface area contributed by atoms with Crippen LogP contribution in [0.1, 0.15) is 38.2 Å². The summed E-state index contributed by atoms with van der Waals surface area (Å²) >= 11 is 0. The molecule has 1 saturated heterocycles. The average molecular weight is 354 g/mol. The number of amides is 2. The van der Waals surface area contributed by atoms with Gasteiger partial charge in [-0.15, -0.1) is 0 Å². The molecule has 26 heavy (non-hydrogen) atoms. The van der Waals surface area contributed by atoms with Gasteiger partial charge in [-0.1, -0.05) is 55.3 Å². The Bertz CT molecular complexity index is 761. The van der Waals surface area contributed by atoms with Gasteiger partial charge in [-0.3, -0.25) is 14.4 Å². The number of likely N-dealkylation sites (tertiary alicyclic amines) is 1. The summed E-state index contributed by atoms with van der Waals surface area (Å²) < 4.78 is 0. The van der Waals surface area contributed by atoms with Crippen LogP contribution in [0.3, 0.4) is 0 Å². The van der Waals surface area contributed by atoms with Gasteiger partial charge in [-0.2, -0.15) is 0 Å². The molecule has 2 amide bonds. The molecule has 0 saturated carbocycles. The number of carbonyl (C=O) groups is 2. The average Bonchev–Trinajstić information content (AvgIpc) is 2.95. The van der Waals surface area contributed by atoms with Crippen molar-refractivity contribution in [3.63, 3.8) is 0 Å². The lowest BCUT2D eigenvalue weighted by molar-refractivity contribution is -0.153. The van der Waals surface area contributed by atoms with Gasteiger partial charge in [0.25, 0.3) is 5.91 Å². The molecule has 1 aliphatic rings. The number of carbonyl (C=O) groups excluding carboxylic acids is 2. The molecule has 1 aliphatic heterocycles. The third-order valence-electron chi connectivity index (χ3n) is 4.85. The largest absolute Gasteiger partial charge is 0.340 e. The van der Waals surface area contributed by atoms with Gasteiger partial charge in [-0.25, -0.2) is 5.48 Å². The highest BCUT2D eigenvalue weighted by atomic mass is 16.7. The number of fused-ring (bicyclic) bond motifs is 1. The van der Waals surface area contributed by atoms with Gasteiger partial charge >= 0.3 is 0 Å². The molecule has 1 N–H and O–H groups in total. The van der Waals surface area contributed by atoms with Gasteiger partial charge < -0.3 is 4.90 Å². The van der Waals surface area contributed by atoms with Crippen LogP contribution in [-0.2, 0) is 20.8 Å². The van der Waals surface area contributed by atoms with E-state index >= 15 is 0 Å². The smallest absolute Gasteiger partial charge is 0.254 e. The summed E-state index contributed by atoms with van der Waals surface area (Å²) in [5.41, 5.74) is 3.39. The van der Waals surface area contributed by atoms with Gasteiger partial charge in [0.15, 0.2) is 6.10 Å². The van der Waals surface area contributed by atoms with Crippen LogP contribution in [0, 0.1) is 0 Å². The maximum Gasteiger partial charge on any atom is 0.254 e. The SMILES string of the molecule is CC(ONC(=O)Cc1cccc2ccccc12)C(=O)N1CCCCCC1. The third-order valence-corrected chi connectivity index (χ3v) is 4.85. The van der Waals surface area contributed by atoms with E-state index in [1.165, 1.54) is 12.8 Å². The first-order chi connectivity index (χ1) is 12.6. The zero-order chi connectivity index (χ0) is 18.4. The van der Waals surface area contributed by atoms with Crippen LogP contribution in [-0.4, -0.2) is 35.9 Å². The normalized spacial score (nSPS) is 16.1. The molecule has 1 atom stereocenters. The van der Waals surface area contributed by atoms with Crippen LogP contribution in [0.2, 0.25) is 0 Å². The van der Waals surface area contributed by atoms with Crippen molar-refractivity contribution < 1.29 is 14.4 Å². The van der Waals surface area contributed by atoms with Gasteiger partial charge in [-0.05, 0) is 36.1 Å². The zero-order valence-corrected chi connectivity index (χ0v) is 15.2. The number of hydroxylamine groups is 1. The van der Waals surface area contributed by atoms with Gasteiger partial charge in [0, 0.05) is 13.1 Å². The molecule has 1 unspecified atom stereocenters. The van der Waals surface area contributed by atoms with Gasteiger partial charge in [0.1, 0.15) is 0 Å². The molecule has 1 heterocycles. The summed E-state index contributed by atoms with van der Waals surface area (Å²) in [6.07, 6.45) is 3.94. The zero-order valence-electron chi connectivity index (χ0n) is 15.2. The van der Waals surface area contributed by atoms with E-state index in [-0.39, 0.29) is 18.2 Å². The fourth-order valence-corrected chi connectivity index (χ4v) is 3.41. The number of hydrogen-bond acceptors (Lipinski definition) is 3. The maximum atomic E-state index is 12.4. The molecule has 2 aromatic rings. The van der Waals surface area contributed by atoms with E-state index in [1.54, 1.807) is 6.92 Å².